The van der Waals surface area contributed by atoms with Gasteiger partial charge in [0.15, 0.2) is 0 Å². The van der Waals surface area contributed by atoms with Crippen molar-refractivity contribution in [2.75, 3.05) is 5.32 Å². The Kier molecular flexibility index (Phi) is 3.47. The van der Waals surface area contributed by atoms with Crippen LogP contribution in [0.3, 0.4) is 0 Å². The zero-order chi connectivity index (χ0) is 14.7. The first kappa shape index (κ1) is 13.3. The van der Waals surface area contributed by atoms with Gasteiger partial charge in [0.25, 0.3) is 11.4 Å². The van der Waals surface area contributed by atoms with E-state index in [0.29, 0.717) is 5.69 Å². The average molecular weight is 275 g/mol. The van der Waals surface area contributed by atoms with E-state index in [4.69, 9.17) is 0 Å². The van der Waals surface area contributed by atoms with Gasteiger partial charge in [-0.2, -0.15) is 0 Å². The number of phenolic OH excluding ortho intramolecular Hbond substituents is 1. The highest BCUT2D eigenvalue weighted by molar-refractivity contribution is 5.69. The third kappa shape index (κ3) is 2.80. The van der Waals surface area contributed by atoms with Gasteiger partial charge in [0, 0.05) is 12.1 Å². The molecule has 102 valence electrons. The van der Waals surface area contributed by atoms with Gasteiger partial charge in [0.2, 0.25) is 0 Å². The number of nitrogens with zero attached hydrogens (tertiary/aromatic N) is 2. The van der Waals surface area contributed by atoms with Gasteiger partial charge in [-0.25, -0.2) is 0 Å². The Balaban J connectivity index is 2.43. The van der Waals surface area contributed by atoms with Gasteiger partial charge >= 0.3 is 0 Å². The normalized spacial score (nSPS) is 10.0. The summed E-state index contributed by atoms with van der Waals surface area (Å²) in [7, 11) is 0. The molecule has 0 saturated carbocycles. The molecule has 0 aromatic heterocycles. The van der Waals surface area contributed by atoms with E-state index in [9.17, 15) is 25.3 Å². The number of nitrogens with one attached hydrogen (secondary N) is 1. The fraction of sp³-hybridized carbons (Fsp3) is 0. The Morgan fingerprint density at radius 3 is 2.00 bits per heavy atom. The van der Waals surface area contributed by atoms with E-state index >= 15 is 0 Å². The molecule has 0 radical (unpaired) electrons. The predicted molar refractivity (Wildman–Crippen MR) is 71.1 cm³/mol. The second-order valence-corrected chi connectivity index (χ2v) is 3.89. The van der Waals surface area contributed by atoms with Crippen molar-refractivity contribution in [3.63, 3.8) is 0 Å². The van der Waals surface area contributed by atoms with Crippen molar-refractivity contribution < 1.29 is 15.0 Å². The Hall–Kier alpha value is -3.16. The highest BCUT2D eigenvalue weighted by Crippen LogP contribution is 2.31. The topological polar surface area (TPSA) is 119 Å². The number of hydrogen-bond acceptors (Lipinski definition) is 6. The summed E-state index contributed by atoms with van der Waals surface area (Å²) in [5.41, 5.74) is -0.371. The lowest BCUT2D eigenvalue weighted by molar-refractivity contribution is -0.394. The summed E-state index contributed by atoms with van der Waals surface area (Å²) in [6.45, 7) is 0. The number of benzene rings is 2. The zero-order valence-corrected chi connectivity index (χ0v) is 10.0. The molecule has 20 heavy (non-hydrogen) atoms. The maximum atomic E-state index is 10.8. The van der Waals surface area contributed by atoms with Crippen LogP contribution in [0.4, 0.5) is 22.7 Å². The molecule has 2 aromatic rings. The van der Waals surface area contributed by atoms with Crippen LogP contribution in [0.25, 0.3) is 0 Å². The molecule has 0 spiro atoms. The number of para-hydroxylation sites is 2. The maximum Gasteiger partial charge on any atom is 0.278 e. The first-order valence-electron chi connectivity index (χ1n) is 5.46. The molecular formula is C12H9N3O5. The molecule has 0 fully saturated rings. The van der Waals surface area contributed by atoms with Gasteiger partial charge in [0.1, 0.15) is 5.75 Å². The highest BCUT2D eigenvalue weighted by atomic mass is 16.6. The van der Waals surface area contributed by atoms with Gasteiger partial charge < -0.3 is 10.4 Å². The van der Waals surface area contributed by atoms with Crippen molar-refractivity contribution in [3.05, 3.63) is 62.7 Å². The minimum absolute atomic E-state index is 0.0679. The van der Waals surface area contributed by atoms with Crippen LogP contribution in [0.1, 0.15) is 0 Å². The van der Waals surface area contributed by atoms with Crippen LogP contribution in [-0.4, -0.2) is 15.0 Å². The molecule has 0 saturated heterocycles. The molecule has 0 aliphatic heterocycles. The monoisotopic (exact) mass is 275 g/mol. The molecule has 0 heterocycles. The van der Waals surface area contributed by atoms with E-state index in [1.807, 2.05) is 0 Å². The number of rotatable bonds is 4. The summed E-state index contributed by atoms with van der Waals surface area (Å²) in [4.78, 5) is 20.1. The number of phenols is 1. The lowest BCUT2D eigenvalue weighted by atomic mass is 10.2. The Labute approximate surface area is 112 Å². The summed E-state index contributed by atoms with van der Waals surface area (Å²) >= 11 is 0. The molecular weight excluding hydrogens is 266 g/mol. The van der Waals surface area contributed by atoms with Crippen molar-refractivity contribution in [3.8, 4) is 5.75 Å². The van der Waals surface area contributed by atoms with E-state index in [1.165, 1.54) is 6.07 Å². The Morgan fingerprint density at radius 1 is 0.950 bits per heavy atom. The first-order valence-corrected chi connectivity index (χ1v) is 5.46. The summed E-state index contributed by atoms with van der Waals surface area (Å²) in [6, 6.07) is 9.40. The van der Waals surface area contributed by atoms with Gasteiger partial charge in [-0.3, -0.25) is 20.2 Å². The maximum absolute atomic E-state index is 10.8. The minimum Gasteiger partial charge on any atom is -0.506 e. The molecule has 2 aromatic carbocycles. The quantitative estimate of drug-likeness (QED) is 0.503. The SMILES string of the molecule is O=[N+]([O-])c1cc(Nc2ccccc2O)cc([N+](=O)[O-])c1. The average Bonchev–Trinajstić information content (AvgIpc) is 2.41. The molecule has 0 bridgehead atoms. The van der Waals surface area contributed by atoms with Gasteiger partial charge in [0.05, 0.1) is 27.3 Å². The molecule has 0 aliphatic carbocycles. The van der Waals surface area contributed by atoms with Crippen LogP contribution in [0.2, 0.25) is 0 Å². The van der Waals surface area contributed by atoms with Crippen molar-refractivity contribution in [2.24, 2.45) is 0 Å². The Morgan fingerprint density at radius 2 is 1.50 bits per heavy atom. The lowest BCUT2D eigenvalue weighted by Crippen LogP contribution is -1.96. The molecule has 0 atom stereocenters. The molecule has 8 nitrogen and oxygen atoms in total. The predicted octanol–water partition coefficient (Wildman–Crippen LogP) is 2.95. The third-order valence-corrected chi connectivity index (χ3v) is 2.51. The summed E-state index contributed by atoms with van der Waals surface area (Å²) < 4.78 is 0. The van der Waals surface area contributed by atoms with Crippen molar-refractivity contribution in [1.82, 2.24) is 0 Å². The van der Waals surface area contributed by atoms with Gasteiger partial charge in [-0.05, 0) is 12.1 Å². The summed E-state index contributed by atoms with van der Waals surface area (Å²) in [5.74, 6) is -0.0679. The standard InChI is InChI=1S/C12H9N3O5/c16-12-4-2-1-3-11(12)13-8-5-9(14(17)18)7-10(6-8)15(19)20/h1-7,13,16H. The van der Waals surface area contributed by atoms with Gasteiger partial charge in [-0.15, -0.1) is 0 Å². The van der Waals surface area contributed by atoms with Gasteiger partial charge in [-0.1, -0.05) is 12.1 Å². The number of nitro benzene ring substituents is 2. The number of hydrogen-bond donors (Lipinski definition) is 2. The summed E-state index contributed by atoms with van der Waals surface area (Å²) in [5, 5.41) is 33.8. The second kappa shape index (κ2) is 5.22. The fourth-order valence-corrected chi connectivity index (χ4v) is 1.61. The Bertz CT molecular complexity index is 654. The van der Waals surface area contributed by atoms with Crippen molar-refractivity contribution in [1.29, 1.82) is 0 Å². The molecule has 0 amide bonds. The number of nitro groups is 2. The molecule has 2 rings (SSSR count). The highest BCUT2D eigenvalue weighted by Gasteiger charge is 2.16. The third-order valence-electron chi connectivity index (χ3n) is 2.51. The van der Waals surface area contributed by atoms with Crippen molar-refractivity contribution in [2.45, 2.75) is 0 Å². The molecule has 8 heteroatoms. The molecule has 0 unspecified atom stereocenters. The lowest BCUT2D eigenvalue weighted by Gasteiger charge is -2.07. The van der Waals surface area contributed by atoms with Crippen LogP contribution in [0.5, 0.6) is 5.75 Å². The van der Waals surface area contributed by atoms with E-state index in [1.54, 1.807) is 18.2 Å². The van der Waals surface area contributed by atoms with Crippen LogP contribution < -0.4 is 5.32 Å². The smallest absolute Gasteiger partial charge is 0.278 e. The van der Waals surface area contributed by atoms with E-state index < -0.39 is 21.2 Å². The van der Waals surface area contributed by atoms with Crippen LogP contribution in [0, 0.1) is 20.2 Å². The summed E-state index contributed by atoms with van der Waals surface area (Å²) in [6.07, 6.45) is 0. The van der Waals surface area contributed by atoms with E-state index in [-0.39, 0.29) is 11.4 Å². The van der Waals surface area contributed by atoms with Crippen LogP contribution >= 0.6 is 0 Å². The van der Waals surface area contributed by atoms with Crippen LogP contribution in [0.15, 0.2) is 42.5 Å². The minimum atomic E-state index is -0.719. The molecule has 2 N–H and O–H groups in total. The van der Waals surface area contributed by atoms with E-state index in [0.717, 1.165) is 18.2 Å². The van der Waals surface area contributed by atoms with E-state index in [2.05, 4.69) is 5.32 Å². The number of non-ortho nitro benzene ring substituents is 2. The largest absolute Gasteiger partial charge is 0.506 e. The van der Waals surface area contributed by atoms with Crippen molar-refractivity contribution >= 4 is 22.7 Å². The number of aromatic hydroxyl groups is 1. The fourth-order valence-electron chi connectivity index (χ4n) is 1.61. The molecule has 0 aliphatic rings. The number of anilines is 2. The second-order valence-electron chi connectivity index (χ2n) is 3.89. The zero-order valence-electron chi connectivity index (χ0n) is 10.0. The first-order chi connectivity index (χ1) is 9.47. The van der Waals surface area contributed by atoms with Crippen LogP contribution in [-0.2, 0) is 0 Å².